The fourth-order valence-electron chi connectivity index (χ4n) is 3.95. The van der Waals surface area contributed by atoms with Crippen molar-refractivity contribution in [2.24, 2.45) is 11.1 Å². The maximum absolute atomic E-state index is 5.63. The molecular formula is C20H45N9S. The Labute approximate surface area is 188 Å². The second-order valence-corrected chi connectivity index (χ2v) is 9.44. The Morgan fingerprint density at radius 1 is 0.767 bits per heavy atom. The van der Waals surface area contributed by atoms with Crippen LogP contribution in [0.15, 0.2) is 0 Å². The lowest BCUT2D eigenvalue weighted by atomic mass is 9.90. The summed E-state index contributed by atoms with van der Waals surface area (Å²) in [4.78, 5) is 0. The quantitative estimate of drug-likeness (QED) is 0.166. The molecule has 0 aromatic heterocycles. The molecule has 2 bridgehead atoms. The maximum atomic E-state index is 5.63. The molecule has 0 atom stereocenters. The van der Waals surface area contributed by atoms with Crippen molar-refractivity contribution >= 4 is 17.3 Å². The van der Waals surface area contributed by atoms with Gasteiger partial charge in [-0.05, 0) is 31.6 Å². The third-order valence-corrected chi connectivity index (χ3v) is 6.02. The molecule has 0 spiro atoms. The van der Waals surface area contributed by atoms with Crippen molar-refractivity contribution < 1.29 is 0 Å². The van der Waals surface area contributed by atoms with E-state index in [1.807, 2.05) is 0 Å². The van der Waals surface area contributed by atoms with Gasteiger partial charge in [0, 0.05) is 90.5 Å². The summed E-state index contributed by atoms with van der Waals surface area (Å²) in [6.07, 6.45) is 2.04. The number of fused-ring (bicyclic) bond motifs is 15. The molecule has 3 aliphatic rings. The lowest BCUT2D eigenvalue weighted by molar-refractivity contribution is 0.260. The molecule has 9 nitrogen and oxygen atoms in total. The van der Waals surface area contributed by atoms with Gasteiger partial charge in [-0.25, -0.2) is 0 Å². The van der Waals surface area contributed by atoms with Crippen molar-refractivity contribution in [3.63, 3.8) is 0 Å². The molecule has 3 aliphatic heterocycles. The molecule has 3 heterocycles. The summed E-state index contributed by atoms with van der Waals surface area (Å²) in [7, 11) is 0. The Bertz CT molecular complexity index is 434. The second-order valence-electron chi connectivity index (χ2n) is 9.03. The Hall–Kier alpha value is -0.590. The largest absolute Gasteiger partial charge is 0.363 e. The molecule has 3 fully saturated rings. The molecule has 30 heavy (non-hydrogen) atoms. The molecular weight excluding hydrogens is 398 g/mol. The lowest BCUT2D eigenvalue weighted by Gasteiger charge is -2.38. The Morgan fingerprint density at radius 2 is 1.20 bits per heavy atom. The highest BCUT2D eigenvalue weighted by atomic mass is 32.1. The van der Waals surface area contributed by atoms with Gasteiger partial charge in [-0.15, -0.1) is 0 Å². The summed E-state index contributed by atoms with van der Waals surface area (Å²) in [5.41, 5.74) is 5.58. The van der Waals surface area contributed by atoms with E-state index in [1.54, 1.807) is 0 Å². The minimum absolute atomic E-state index is 0.196. The van der Waals surface area contributed by atoms with Crippen LogP contribution in [0.2, 0.25) is 0 Å². The highest BCUT2D eigenvalue weighted by molar-refractivity contribution is 7.80. The van der Waals surface area contributed by atoms with Crippen LogP contribution >= 0.6 is 12.2 Å². The molecule has 10 N–H and O–H groups in total. The molecule has 0 aliphatic carbocycles. The third kappa shape index (κ3) is 10.1. The molecule has 0 radical (unpaired) electrons. The van der Waals surface area contributed by atoms with Crippen molar-refractivity contribution in [2.75, 3.05) is 91.6 Å². The van der Waals surface area contributed by atoms with Gasteiger partial charge in [0.1, 0.15) is 0 Å². The second kappa shape index (κ2) is 14.5. The predicted molar refractivity (Wildman–Crippen MR) is 130 cm³/mol. The van der Waals surface area contributed by atoms with Crippen molar-refractivity contribution in [2.45, 2.75) is 25.3 Å². The maximum Gasteiger partial charge on any atom is 0.166 e. The van der Waals surface area contributed by atoms with Gasteiger partial charge in [-0.3, -0.25) is 0 Å². The molecule has 0 unspecified atom stereocenters. The minimum atomic E-state index is -0.208. The van der Waals surface area contributed by atoms with Gasteiger partial charge >= 0.3 is 0 Å². The van der Waals surface area contributed by atoms with Crippen LogP contribution in [0.5, 0.6) is 0 Å². The van der Waals surface area contributed by atoms with Gasteiger partial charge < -0.3 is 48.3 Å². The van der Waals surface area contributed by atoms with Crippen LogP contribution < -0.4 is 48.3 Å². The highest BCUT2D eigenvalue weighted by Crippen LogP contribution is 2.12. The normalized spacial score (nSPS) is 30.2. The summed E-state index contributed by atoms with van der Waals surface area (Å²) in [5, 5.41) is 29.5. The number of nitrogens with two attached hydrogens (primary N) is 1. The average molecular weight is 444 g/mol. The fraction of sp³-hybridized carbons (Fsp3) is 0.950. The van der Waals surface area contributed by atoms with Crippen LogP contribution in [-0.2, 0) is 0 Å². The van der Waals surface area contributed by atoms with E-state index in [4.69, 9.17) is 18.0 Å². The van der Waals surface area contributed by atoms with Crippen LogP contribution in [0.1, 0.15) is 19.8 Å². The van der Waals surface area contributed by atoms with Crippen LogP contribution in [-0.4, -0.2) is 102 Å². The first-order chi connectivity index (χ1) is 14.6. The summed E-state index contributed by atoms with van der Waals surface area (Å²) in [5.74, 6) is 0. The highest BCUT2D eigenvalue weighted by Gasteiger charge is 2.31. The number of hydrogen-bond donors (Lipinski definition) is 9. The number of rotatable bonds is 5. The van der Waals surface area contributed by atoms with Gasteiger partial charge in [0.05, 0.1) is 5.54 Å². The molecule has 0 aromatic rings. The smallest absolute Gasteiger partial charge is 0.166 e. The van der Waals surface area contributed by atoms with E-state index in [1.165, 1.54) is 0 Å². The van der Waals surface area contributed by atoms with E-state index in [-0.39, 0.29) is 11.0 Å². The summed E-state index contributed by atoms with van der Waals surface area (Å²) in [6.45, 7) is 15.0. The molecule has 3 saturated heterocycles. The molecule has 3 rings (SSSR count). The van der Waals surface area contributed by atoms with Crippen molar-refractivity contribution in [1.82, 2.24) is 42.5 Å². The number of hydrogen-bond acceptors (Lipinski definition) is 8. The third-order valence-electron chi connectivity index (χ3n) is 5.78. The van der Waals surface area contributed by atoms with Crippen LogP contribution in [0, 0.1) is 5.41 Å². The summed E-state index contributed by atoms with van der Waals surface area (Å²) >= 11 is 5.63. The van der Waals surface area contributed by atoms with E-state index in [2.05, 4.69) is 49.5 Å². The summed E-state index contributed by atoms with van der Waals surface area (Å²) < 4.78 is 0. The van der Waals surface area contributed by atoms with Crippen LogP contribution in [0.25, 0.3) is 0 Å². The number of thiocarbonyl (C=S) groups is 1. The predicted octanol–water partition coefficient (Wildman–Crippen LogP) is -2.50. The van der Waals surface area contributed by atoms with Gasteiger partial charge in [-0.2, -0.15) is 0 Å². The average Bonchev–Trinajstić information content (AvgIpc) is 2.72. The minimum Gasteiger partial charge on any atom is -0.363 e. The van der Waals surface area contributed by atoms with Gasteiger partial charge in [0.15, 0.2) is 5.11 Å². The van der Waals surface area contributed by atoms with E-state index in [9.17, 15) is 0 Å². The monoisotopic (exact) mass is 443 g/mol. The van der Waals surface area contributed by atoms with Gasteiger partial charge in [-0.1, -0.05) is 6.92 Å². The molecule has 10 heteroatoms. The van der Waals surface area contributed by atoms with Gasteiger partial charge in [0.2, 0.25) is 0 Å². The first kappa shape index (κ1) is 25.7. The van der Waals surface area contributed by atoms with Crippen molar-refractivity contribution in [3.8, 4) is 0 Å². The molecule has 0 amide bonds. The Balaban J connectivity index is 2.04. The van der Waals surface area contributed by atoms with E-state index in [0.29, 0.717) is 5.11 Å². The Morgan fingerprint density at radius 3 is 1.63 bits per heavy atom. The van der Waals surface area contributed by atoms with E-state index >= 15 is 0 Å². The first-order valence-corrected chi connectivity index (χ1v) is 12.0. The molecule has 0 aromatic carbocycles. The van der Waals surface area contributed by atoms with Crippen molar-refractivity contribution in [3.05, 3.63) is 0 Å². The van der Waals surface area contributed by atoms with Crippen LogP contribution in [0.4, 0.5) is 0 Å². The van der Waals surface area contributed by atoms with Crippen molar-refractivity contribution in [1.29, 1.82) is 0 Å². The van der Waals surface area contributed by atoms with Crippen LogP contribution in [0.3, 0.4) is 0 Å². The topological polar surface area (TPSA) is 122 Å². The number of unbranched alkanes of at least 4 members (excludes halogenated alkanes) is 1. The Kier molecular flexibility index (Phi) is 12.4. The van der Waals surface area contributed by atoms with E-state index < -0.39 is 0 Å². The SMILES string of the molecule is CC12CNCCNCC(NC(=S)NCCCCN)(CNCCNC1)CNCCNC2. The standard InChI is InChI=1S/C20H45N9S/c1-19-12-22-6-9-25-15-20(16-26-10-7-23-13-19,17-27-11-8-24-14-19)29-18(30)28-5-3-2-4-21/h22-27H,2-17,21H2,1H3,(H2,28,29,30). The lowest BCUT2D eigenvalue weighted by Crippen LogP contribution is -2.67. The fourth-order valence-corrected chi connectivity index (χ4v) is 4.27. The zero-order valence-electron chi connectivity index (χ0n) is 18.8. The zero-order chi connectivity index (χ0) is 21.5. The zero-order valence-corrected chi connectivity index (χ0v) is 19.6. The molecule has 176 valence electrons. The van der Waals surface area contributed by atoms with E-state index in [0.717, 1.165) is 104 Å². The van der Waals surface area contributed by atoms with Gasteiger partial charge in [0.25, 0.3) is 0 Å². The number of nitrogens with one attached hydrogen (secondary N) is 8. The molecule has 0 saturated carbocycles. The summed E-state index contributed by atoms with van der Waals surface area (Å²) in [6, 6.07) is 0. The first-order valence-electron chi connectivity index (χ1n) is 11.6.